The molecular weight excluding hydrogens is 510 g/mol. The van der Waals surface area contributed by atoms with Crippen LogP contribution in [0.15, 0.2) is 24.3 Å². The Kier molecular flexibility index (Phi) is 23.2. The van der Waals surface area contributed by atoms with Crippen molar-refractivity contribution in [2.24, 2.45) is 0 Å². The number of allylic oxidation sites excluding steroid dienone is 4. The van der Waals surface area contributed by atoms with E-state index in [4.69, 9.17) is 14.2 Å². The summed E-state index contributed by atoms with van der Waals surface area (Å²) >= 11 is 0. The van der Waals surface area contributed by atoms with Crippen LogP contribution in [0.2, 0.25) is 0 Å². The van der Waals surface area contributed by atoms with E-state index in [2.05, 4.69) is 26.0 Å². The molecular formula is C32H57NO7. The van der Waals surface area contributed by atoms with Crippen molar-refractivity contribution in [1.29, 1.82) is 0 Å². The van der Waals surface area contributed by atoms with E-state index in [1.54, 1.807) is 21.1 Å². The number of esters is 2. The zero-order valence-corrected chi connectivity index (χ0v) is 26.0. The second-order valence-electron chi connectivity index (χ2n) is 11.3. The van der Waals surface area contributed by atoms with Gasteiger partial charge in [-0.15, -0.1) is 0 Å². The number of aliphatic carboxylic acids is 1. The number of carboxylic acid groups (broad SMARTS) is 1. The molecule has 0 saturated heterocycles. The van der Waals surface area contributed by atoms with E-state index in [0.717, 1.165) is 32.1 Å². The van der Waals surface area contributed by atoms with E-state index >= 15 is 0 Å². The van der Waals surface area contributed by atoms with E-state index in [1.807, 2.05) is 12.2 Å². The molecule has 0 rings (SSSR count). The van der Waals surface area contributed by atoms with Crippen LogP contribution in [0.25, 0.3) is 0 Å². The Morgan fingerprint density at radius 2 is 1.40 bits per heavy atom. The molecule has 0 aromatic rings. The molecule has 0 fully saturated rings. The average molecular weight is 568 g/mol. The van der Waals surface area contributed by atoms with Gasteiger partial charge in [-0.25, -0.2) is 0 Å². The average Bonchev–Trinajstić information content (AvgIpc) is 2.89. The van der Waals surface area contributed by atoms with Gasteiger partial charge in [-0.05, 0) is 25.7 Å². The summed E-state index contributed by atoms with van der Waals surface area (Å²) in [5, 5.41) is 11.5. The smallest absolute Gasteiger partial charge is 0.306 e. The van der Waals surface area contributed by atoms with Crippen LogP contribution in [0.3, 0.4) is 0 Å². The summed E-state index contributed by atoms with van der Waals surface area (Å²) in [6.45, 7) is 4.39. The van der Waals surface area contributed by atoms with Crippen molar-refractivity contribution in [1.82, 2.24) is 0 Å². The van der Waals surface area contributed by atoms with Gasteiger partial charge in [0.2, 0.25) is 0 Å². The van der Waals surface area contributed by atoms with Crippen LogP contribution in [-0.2, 0) is 28.6 Å². The summed E-state index contributed by atoms with van der Waals surface area (Å²) in [5.74, 6) is -1.84. The number of hydrogen-bond donors (Lipinski definition) is 0. The fraction of sp³-hybridized carbons (Fsp3) is 0.781. The van der Waals surface area contributed by atoms with Crippen molar-refractivity contribution in [2.45, 2.75) is 122 Å². The Labute approximate surface area is 243 Å². The molecule has 0 aromatic carbocycles. The van der Waals surface area contributed by atoms with Gasteiger partial charge in [0.15, 0.2) is 6.10 Å². The molecule has 0 aliphatic carbocycles. The van der Waals surface area contributed by atoms with Gasteiger partial charge in [-0.3, -0.25) is 9.59 Å². The van der Waals surface area contributed by atoms with Crippen molar-refractivity contribution in [2.75, 3.05) is 41.0 Å². The monoisotopic (exact) mass is 567 g/mol. The first-order valence-electron chi connectivity index (χ1n) is 15.4. The first-order chi connectivity index (χ1) is 19.1. The fourth-order valence-corrected chi connectivity index (χ4v) is 4.19. The Morgan fingerprint density at radius 3 is 2.00 bits per heavy atom. The molecule has 0 radical (unpaired) electrons. The maximum Gasteiger partial charge on any atom is 0.306 e. The van der Waals surface area contributed by atoms with E-state index in [9.17, 15) is 19.5 Å². The molecule has 2 unspecified atom stereocenters. The zero-order valence-electron chi connectivity index (χ0n) is 26.0. The minimum atomic E-state index is -1.13. The van der Waals surface area contributed by atoms with Crippen molar-refractivity contribution >= 4 is 17.9 Å². The van der Waals surface area contributed by atoms with Crippen molar-refractivity contribution in [3.05, 3.63) is 24.3 Å². The lowest BCUT2D eigenvalue weighted by atomic mass is 10.1. The van der Waals surface area contributed by atoms with Gasteiger partial charge in [0, 0.05) is 19.3 Å². The summed E-state index contributed by atoms with van der Waals surface area (Å²) in [7, 11) is 5.36. The normalized spacial score (nSPS) is 13.5. The Balaban J connectivity index is 4.59. The third-order valence-corrected chi connectivity index (χ3v) is 6.62. The third-order valence-electron chi connectivity index (χ3n) is 6.62. The zero-order chi connectivity index (χ0) is 30.1. The Morgan fingerprint density at radius 1 is 0.775 bits per heavy atom. The summed E-state index contributed by atoms with van der Waals surface area (Å²) in [5.41, 5.74) is 0. The molecule has 0 saturated carbocycles. The number of rotatable bonds is 26. The third kappa shape index (κ3) is 22.6. The fourth-order valence-electron chi connectivity index (χ4n) is 4.19. The van der Waals surface area contributed by atoms with Crippen molar-refractivity contribution < 1.29 is 38.2 Å². The maximum absolute atomic E-state index is 12.5. The predicted octanol–water partition coefficient (Wildman–Crippen LogP) is 5.29. The highest BCUT2D eigenvalue weighted by atomic mass is 16.6. The van der Waals surface area contributed by atoms with Crippen LogP contribution in [0.1, 0.15) is 110 Å². The van der Waals surface area contributed by atoms with Gasteiger partial charge in [-0.1, -0.05) is 89.5 Å². The molecule has 8 nitrogen and oxygen atoms in total. The second kappa shape index (κ2) is 24.6. The molecule has 2 atom stereocenters. The SMILES string of the molecule is CC/C=C/C/C=C/CCC(=O)OCC(COCCC(C(=O)[O-])[N+](C)(C)C)OC(=O)CCCCCCCCCCC. The van der Waals surface area contributed by atoms with Crippen LogP contribution >= 0.6 is 0 Å². The highest BCUT2D eigenvalue weighted by molar-refractivity contribution is 5.70. The molecule has 0 aromatic heterocycles. The first kappa shape index (κ1) is 37.8. The van der Waals surface area contributed by atoms with Crippen LogP contribution in [0.4, 0.5) is 0 Å². The molecule has 0 spiro atoms. The number of unbranched alkanes of at least 4 members (excludes halogenated alkanes) is 8. The molecule has 0 bridgehead atoms. The Hall–Kier alpha value is -2.19. The van der Waals surface area contributed by atoms with Crippen molar-refractivity contribution in [3.8, 4) is 0 Å². The van der Waals surface area contributed by atoms with Crippen molar-refractivity contribution in [3.63, 3.8) is 0 Å². The number of quaternary nitrogens is 1. The number of carboxylic acids is 1. The molecule has 40 heavy (non-hydrogen) atoms. The van der Waals surface area contributed by atoms with Gasteiger partial charge in [0.25, 0.3) is 0 Å². The number of carbonyl (C=O) groups excluding carboxylic acids is 3. The predicted molar refractivity (Wildman–Crippen MR) is 157 cm³/mol. The molecule has 0 N–H and O–H groups in total. The molecule has 0 aliphatic rings. The van der Waals surface area contributed by atoms with E-state index in [1.165, 1.54) is 38.5 Å². The molecule has 0 heterocycles. The topological polar surface area (TPSA) is 102 Å². The van der Waals surface area contributed by atoms with E-state index in [-0.39, 0.29) is 49.1 Å². The number of nitrogens with zero attached hydrogens (tertiary/aromatic N) is 1. The lowest BCUT2D eigenvalue weighted by molar-refractivity contribution is -0.889. The van der Waals surface area contributed by atoms with Crippen LogP contribution < -0.4 is 5.11 Å². The number of hydrogen-bond acceptors (Lipinski definition) is 7. The van der Waals surface area contributed by atoms with Crippen LogP contribution in [-0.4, -0.2) is 75.5 Å². The van der Waals surface area contributed by atoms with Gasteiger partial charge >= 0.3 is 11.9 Å². The Bertz CT molecular complexity index is 727. The number of carbonyl (C=O) groups is 3. The summed E-state index contributed by atoms with van der Waals surface area (Å²) in [6, 6.07) is -0.726. The van der Waals surface area contributed by atoms with Crippen LogP contribution in [0, 0.1) is 0 Å². The summed E-state index contributed by atoms with van der Waals surface area (Å²) in [6.07, 6.45) is 21.0. The first-order valence-corrected chi connectivity index (χ1v) is 15.4. The summed E-state index contributed by atoms with van der Waals surface area (Å²) < 4.78 is 16.8. The molecule has 0 amide bonds. The molecule has 0 aliphatic heterocycles. The van der Waals surface area contributed by atoms with E-state index < -0.39 is 18.1 Å². The minimum Gasteiger partial charge on any atom is -0.544 e. The highest BCUT2D eigenvalue weighted by Crippen LogP contribution is 2.12. The second-order valence-corrected chi connectivity index (χ2v) is 11.3. The largest absolute Gasteiger partial charge is 0.544 e. The van der Waals surface area contributed by atoms with Gasteiger partial charge in [-0.2, -0.15) is 0 Å². The van der Waals surface area contributed by atoms with Gasteiger partial charge in [0.05, 0.1) is 40.3 Å². The molecule has 8 heteroatoms. The standard InChI is InChI=1S/C32H57NO7/c1-6-8-10-12-14-15-17-19-21-23-31(35)40-28(26-38-25-24-29(32(36)37)33(3,4)5)27-39-30(34)22-20-18-16-13-11-9-7-2/h9,11,16,18,28-29H,6-8,10,12-15,17,19-27H2,1-5H3/b11-9+,18-16+. The lowest BCUT2D eigenvalue weighted by Gasteiger charge is -2.34. The minimum absolute atomic E-state index is 0.0252. The quantitative estimate of drug-likeness (QED) is 0.0606. The van der Waals surface area contributed by atoms with E-state index in [0.29, 0.717) is 12.8 Å². The maximum atomic E-state index is 12.5. The number of ether oxygens (including phenoxy) is 3. The summed E-state index contributed by atoms with van der Waals surface area (Å²) in [4.78, 5) is 36.1. The van der Waals surface area contributed by atoms with Gasteiger partial charge in [0.1, 0.15) is 12.6 Å². The molecule has 232 valence electrons. The van der Waals surface area contributed by atoms with Gasteiger partial charge < -0.3 is 28.6 Å². The lowest BCUT2D eigenvalue weighted by Crippen LogP contribution is -2.55. The number of likely N-dealkylation sites (N-methyl/N-ethyl adjacent to an activating group) is 1. The highest BCUT2D eigenvalue weighted by Gasteiger charge is 2.25. The van der Waals surface area contributed by atoms with Crippen LogP contribution in [0.5, 0.6) is 0 Å².